The molecule has 1 aliphatic carbocycles. The number of hydrogen-bond acceptors (Lipinski definition) is 7. The first kappa shape index (κ1) is 15.9. The van der Waals surface area contributed by atoms with Crippen LogP contribution in [0.4, 0.5) is 0 Å². The van der Waals surface area contributed by atoms with Crippen LogP contribution in [0.25, 0.3) is 0 Å². The molecule has 4 rings (SSSR count). The summed E-state index contributed by atoms with van der Waals surface area (Å²) in [5, 5.41) is 20.3. The maximum absolute atomic E-state index is 10.2. The Labute approximate surface area is 145 Å². The lowest BCUT2D eigenvalue weighted by molar-refractivity contribution is -0.188. The smallest absolute Gasteiger partial charge is 0.293 e. The van der Waals surface area contributed by atoms with Crippen LogP contribution < -0.4 is 10.5 Å². The van der Waals surface area contributed by atoms with Crippen LogP contribution in [0, 0.1) is 33.5 Å². The van der Waals surface area contributed by atoms with Gasteiger partial charge in [-0.2, -0.15) is 10.5 Å². The number of methoxy groups -OCH3 is 1. The Bertz CT molecular complexity index is 847. The highest BCUT2D eigenvalue weighted by Gasteiger charge is 3.01. The van der Waals surface area contributed by atoms with Crippen molar-refractivity contribution >= 4 is 5.84 Å². The van der Waals surface area contributed by atoms with Crippen molar-refractivity contribution in [2.75, 3.05) is 20.3 Å². The molecule has 1 aromatic carbocycles. The van der Waals surface area contributed by atoms with Crippen molar-refractivity contribution in [2.24, 2.45) is 21.6 Å². The standard InChI is InChI=1S/C18H18N4O3/c1-3-15(12-4-6-13(23-2)7-5-12)16(10-19)14(21)22-18(17(15,16)11-20)24-8-9-25-18/h4-7H,3,8-9H2,1-2H3,(H2,21,22)/t15-,16-,17+/m0/s1. The van der Waals surface area contributed by atoms with Crippen molar-refractivity contribution in [1.82, 2.24) is 0 Å². The zero-order valence-electron chi connectivity index (χ0n) is 14.1. The fourth-order valence-corrected chi connectivity index (χ4v) is 5.08. The second-order valence-electron chi connectivity index (χ2n) is 6.49. The van der Waals surface area contributed by atoms with E-state index >= 15 is 0 Å². The van der Waals surface area contributed by atoms with Crippen molar-refractivity contribution in [3.8, 4) is 17.9 Å². The number of amidine groups is 1. The van der Waals surface area contributed by atoms with Gasteiger partial charge < -0.3 is 19.9 Å². The summed E-state index contributed by atoms with van der Waals surface area (Å²) in [6.07, 6.45) is 0.519. The van der Waals surface area contributed by atoms with Crippen molar-refractivity contribution < 1.29 is 14.2 Å². The van der Waals surface area contributed by atoms with Crippen LogP contribution in [-0.2, 0) is 14.9 Å². The molecule has 0 radical (unpaired) electrons. The van der Waals surface area contributed by atoms with E-state index in [0.717, 1.165) is 5.56 Å². The zero-order chi connectivity index (χ0) is 17.9. The van der Waals surface area contributed by atoms with E-state index in [1.54, 1.807) is 7.11 Å². The molecule has 1 saturated carbocycles. The van der Waals surface area contributed by atoms with Crippen LogP contribution in [0.3, 0.4) is 0 Å². The van der Waals surface area contributed by atoms with Crippen molar-refractivity contribution in [1.29, 1.82) is 10.5 Å². The number of rotatable bonds is 3. The summed E-state index contributed by atoms with van der Waals surface area (Å²) in [4.78, 5) is 4.32. The molecular weight excluding hydrogens is 320 g/mol. The lowest BCUT2D eigenvalue weighted by atomic mass is 9.80. The molecule has 7 nitrogen and oxygen atoms in total. The molecule has 1 saturated heterocycles. The Morgan fingerprint density at radius 3 is 2.32 bits per heavy atom. The first-order chi connectivity index (χ1) is 12.1. The van der Waals surface area contributed by atoms with Crippen LogP contribution in [-0.4, -0.2) is 32.1 Å². The molecule has 1 spiro atoms. The van der Waals surface area contributed by atoms with Crippen LogP contribution >= 0.6 is 0 Å². The molecule has 2 aliphatic heterocycles. The number of ether oxygens (including phenoxy) is 3. The molecule has 3 aliphatic rings. The molecular formula is C18H18N4O3. The quantitative estimate of drug-likeness (QED) is 0.892. The van der Waals surface area contributed by atoms with E-state index in [-0.39, 0.29) is 5.84 Å². The molecule has 25 heavy (non-hydrogen) atoms. The third-order valence-electron chi connectivity index (χ3n) is 6.03. The summed E-state index contributed by atoms with van der Waals surface area (Å²) in [7, 11) is 1.59. The van der Waals surface area contributed by atoms with Gasteiger partial charge in [0.2, 0.25) is 0 Å². The maximum Gasteiger partial charge on any atom is 0.293 e. The second kappa shape index (κ2) is 4.72. The monoisotopic (exact) mass is 338 g/mol. The molecule has 2 N–H and O–H groups in total. The third-order valence-corrected chi connectivity index (χ3v) is 6.03. The molecule has 3 atom stereocenters. The molecule has 1 aromatic rings. The Morgan fingerprint density at radius 1 is 1.20 bits per heavy atom. The summed E-state index contributed by atoms with van der Waals surface area (Å²) in [6, 6.07) is 12.0. The second-order valence-corrected chi connectivity index (χ2v) is 6.49. The fourth-order valence-electron chi connectivity index (χ4n) is 5.08. The lowest BCUT2D eigenvalue weighted by Crippen LogP contribution is -2.42. The van der Waals surface area contributed by atoms with E-state index in [4.69, 9.17) is 19.9 Å². The van der Waals surface area contributed by atoms with E-state index in [2.05, 4.69) is 17.1 Å². The third kappa shape index (κ3) is 1.31. The Hall–Kier alpha value is -2.61. The molecule has 2 fully saturated rings. The molecule has 0 aromatic heterocycles. The number of fused-ring (bicyclic) bond motifs is 2. The normalized spacial score (nSPS) is 37.0. The maximum atomic E-state index is 10.2. The van der Waals surface area contributed by atoms with Gasteiger partial charge in [0.25, 0.3) is 5.91 Å². The van der Waals surface area contributed by atoms with Crippen molar-refractivity contribution in [3.05, 3.63) is 29.8 Å². The number of hydrogen-bond donors (Lipinski definition) is 1. The molecule has 0 amide bonds. The SMILES string of the molecule is CC[C@]1(c2ccc(OC)cc2)[C@]2(C#N)C(N)=NC3(OCCO3)[C@@]21C#N. The zero-order valence-corrected chi connectivity index (χ0v) is 14.1. The average Bonchev–Trinajstić information content (AvgIpc) is 2.85. The van der Waals surface area contributed by atoms with Gasteiger partial charge in [-0.05, 0) is 24.1 Å². The number of nitrogens with two attached hydrogens (primary N) is 1. The van der Waals surface area contributed by atoms with Gasteiger partial charge in [-0.1, -0.05) is 19.1 Å². The van der Waals surface area contributed by atoms with Crippen LogP contribution in [0.5, 0.6) is 5.75 Å². The van der Waals surface area contributed by atoms with E-state index in [1.165, 1.54) is 0 Å². The van der Waals surface area contributed by atoms with Crippen molar-refractivity contribution in [3.63, 3.8) is 0 Å². The van der Waals surface area contributed by atoms with Gasteiger partial charge in [-0.25, -0.2) is 4.99 Å². The predicted octanol–water partition coefficient (Wildman–Crippen LogP) is 1.45. The van der Waals surface area contributed by atoms with E-state index < -0.39 is 22.2 Å². The number of nitrogens with zero attached hydrogens (tertiary/aromatic N) is 3. The summed E-state index contributed by atoms with van der Waals surface area (Å²) in [6.45, 7) is 2.56. The van der Waals surface area contributed by atoms with Gasteiger partial charge in [0.1, 0.15) is 11.6 Å². The van der Waals surface area contributed by atoms with Gasteiger partial charge in [-0.15, -0.1) is 0 Å². The van der Waals surface area contributed by atoms with Crippen LogP contribution in [0.2, 0.25) is 0 Å². The van der Waals surface area contributed by atoms with E-state index in [0.29, 0.717) is 25.4 Å². The van der Waals surface area contributed by atoms with Gasteiger partial charge in [-0.3, -0.25) is 0 Å². The highest BCUT2D eigenvalue weighted by Crippen LogP contribution is 2.86. The molecule has 7 heteroatoms. The molecule has 2 heterocycles. The highest BCUT2D eigenvalue weighted by atomic mass is 16.8. The first-order valence-corrected chi connectivity index (χ1v) is 8.16. The van der Waals surface area contributed by atoms with E-state index in [1.807, 2.05) is 31.2 Å². The van der Waals surface area contributed by atoms with Crippen molar-refractivity contribution in [2.45, 2.75) is 24.7 Å². The topological polar surface area (TPSA) is 114 Å². The van der Waals surface area contributed by atoms with Gasteiger partial charge in [0.15, 0.2) is 10.8 Å². The Kier molecular flexibility index (Phi) is 3.00. The summed E-state index contributed by atoms with van der Waals surface area (Å²) in [5.74, 6) is -0.712. The van der Waals surface area contributed by atoms with E-state index in [9.17, 15) is 10.5 Å². The summed E-state index contributed by atoms with van der Waals surface area (Å²) in [5.41, 5.74) is 3.60. The average molecular weight is 338 g/mol. The summed E-state index contributed by atoms with van der Waals surface area (Å²) < 4.78 is 16.8. The highest BCUT2D eigenvalue weighted by molar-refractivity contribution is 6.02. The van der Waals surface area contributed by atoms with Gasteiger partial charge in [0.05, 0.1) is 37.9 Å². The minimum Gasteiger partial charge on any atom is -0.497 e. The van der Waals surface area contributed by atoms with Gasteiger partial charge >= 0.3 is 0 Å². The Balaban J connectivity index is 1.99. The number of aliphatic imine (C=N–C) groups is 1. The minimum absolute atomic E-state index is 0.108. The molecule has 128 valence electrons. The molecule has 0 bridgehead atoms. The molecule has 0 unspecified atom stereocenters. The Morgan fingerprint density at radius 2 is 1.84 bits per heavy atom. The van der Waals surface area contributed by atoms with Crippen LogP contribution in [0.1, 0.15) is 18.9 Å². The fraction of sp³-hybridized carbons (Fsp3) is 0.500. The minimum atomic E-state index is -1.52. The number of nitriles is 2. The lowest BCUT2D eigenvalue weighted by Gasteiger charge is -2.31. The van der Waals surface area contributed by atoms with Gasteiger partial charge in [0, 0.05) is 0 Å². The number of benzene rings is 1. The van der Waals surface area contributed by atoms with Crippen LogP contribution in [0.15, 0.2) is 29.3 Å². The first-order valence-electron chi connectivity index (χ1n) is 8.16. The summed E-state index contributed by atoms with van der Waals surface area (Å²) >= 11 is 0. The predicted molar refractivity (Wildman–Crippen MR) is 87.3 cm³/mol. The largest absolute Gasteiger partial charge is 0.497 e.